The van der Waals surface area contributed by atoms with Gasteiger partial charge in [-0.25, -0.2) is 19.2 Å². The molecule has 1 aromatic rings. The lowest BCUT2D eigenvalue weighted by Crippen LogP contribution is -2.74. The van der Waals surface area contributed by atoms with Crippen LogP contribution in [0.5, 0.6) is 11.5 Å². The highest BCUT2D eigenvalue weighted by molar-refractivity contribution is 5.88. The van der Waals surface area contributed by atoms with Gasteiger partial charge in [0.1, 0.15) is 5.76 Å². The van der Waals surface area contributed by atoms with Crippen LogP contribution in [0.4, 0.5) is 0 Å². The van der Waals surface area contributed by atoms with Crippen molar-refractivity contribution in [1.29, 1.82) is 0 Å². The van der Waals surface area contributed by atoms with E-state index < -0.39 is 90.2 Å². The Morgan fingerprint density at radius 1 is 0.980 bits per heavy atom. The Hall–Kier alpha value is -4.74. The summed E-state index contributed by atoms with van der Waals surface area (Å²) in [6.45, 7) is 2.71. The van der Waals surface area contributed by atoms with Crippen LogP contribution in [0, 0.1) is 0 Å². The first kappa shape index (κ1) is 35.6. The van der Waals surface area contributed by atoms with Gasteiger partial charge < -0.3 is 53.7 Å². The van der Waals surface area contributed by atoms with E-state index in [9.17, 15) is 39.0 Å². The van der Waals surface area contributed by atoms with Crippen LogP contribution in [0.3, 0.4) is 0 Å². The van der Waals surface area contributed by atoms with E-state index >= 15 is 0 Å². The Balaban J connectivity index is 1.38. The number of ether oxygens (including phenoxy) is 6. The minimum absolute atomic E-state index is 0.0310. The van der Waals surface area contributed by atoms with Crippen molar-refractivity contribution < 1.29 is 77.6 Å². The zero-order valence-electron chi connectivity index (χ0n) is 27.1. The Morgan fingerprint density at radius 2 is 1.67 bits per heavy atom. The third-order valence-electron chi connectivity index (χ3n) is 9.59. The van der Waals surface area contributed by atoms with E-state index in [1.54, 1.807) is 6.07 Å². The summed E-state index contributed by atoms with van der Waals surface area (Å²) >= 11 is 0. The van der Waals surface area contributed by atoms with E-state index in [1.165, 1.54) is 13.2 Å². The number of methoxy groups -OCH3 is 1. The number of rotatable bonds is 13. The van der Waals surface area contributed by atoms with Crippen molar-refractivity contribution in [2.45, 2.75) is 93.5 Å². The highest BCUT2D eigenvalue weighted by Crippen LogP contribution is 2.65. The normalized spacial score (nSPS) is 27.1. The predicted molar refractivity (Wildman–Crippen MR) is 159 cm³/mol. The van der Waals surface area contributed by atoms with Gasteiger partial charge in [-0.1, -0.05) is 6.07 Å². The highest BCUT2D eigenvalue weighted by Gasteiger charge is 2.72. The number of benzene rings is 1. The number of likely N-dealkylation sites (N-methyl/N-ethyl adjacent to an activating group) is 1. The number of aliphatic hydroxyl groups excluding tert-OH is 1. The lowest BCUT2D eigenvalue weighted by atomic mass is 9.50. The van der Waals surface area contributed by atoms with Crippen LogP contribution in [0.15, 0.2) is 24.0 Å². The molecule has 17 heteroatoms. The summed E-state index contributed by atoms with van der Waals surface area (Å²) in [4.78, 5) is 75.3. The Bertz CT molecular complexity index is 1610. The third kappa shape index (κ3) is 6.17. The first-order chi connectivity index (χ1) is 23.0. The largest absolute Gasteiger partial charge is 0.493 e. The molecule has 5 rings (SSSR count). The average molecular weight is 692 g/mol. The fourth-order valence-electron chi connectivity index (χ4n) is 7.16. The monoisotopic (exact) mass is 691 g/mol. The minimum Gasteiger partial charge on any atom is -0.493 e. The molecule has 8 atom stereocenters. The number of nitrogens with zero attached hydrogens (tertiary/aromatic N) is 1. The highest BCUT2D eigenvalue weighted by atomic mass is 16.6. The molecule has 1 aromatic carbocycles. The molecule has 0 aromatic heterocycles. The molecule has 266 valence electrons. The van der Waals surface area contributed by atoms with Gasteiger partial charge >= 0.3 is 35.8 Å². The zero-order valence-corrected chi connectivity index (χ0v) is 27.1. The van der Waals surface area contributed by atoms with Crippen LogP contribution in [0.1, 0.15) is 50.7 Å². The maximum absolute atomic E-state index is 13.4. The number of esters is 4. The van der Waals surface area contributed by atoms with Crippen molar-refractivity contribution >= 4 is 35.8 Å². The molecule has 0 saturated carbocycles. The smallest absolute Gasteiger partial charge is 0.348 e. The number of aliphatic hydroxyl groups is 2. The van der Waals surface area contributed by atoms with Crippen molar-refractivity contribution in [2.24, 2.45) is 0 Å². The molecule has 0 amide bonds. The quantitative estimate of drug-likeness (QED) is 0.152. The number of carbonyl (C=O) groups excluding carboxylic acids is 4. The van der Waals surface area contributed by atoms with Crippen molar-refractivity contribution in [3.63, 3.8) is 0 Å². The van der Waals surface area contributed by atoms with E-state index in [1.807, 2.05) is 13.1 Å². The summed E-state index contributed by atoms with van der Waals surface area (Å²) in [6.07, 6.45) is -8.05. The van der Waals surface area contributed by atoms with Gasteiger partial charge in [0, 0.05) is 18.0 Å². The summed E-state index contributed by atoms with van der Waals surface area (Å²) in [5.74, 6) is -7.57. The average Bonchev–Trinajstić information content (AvgIpc) is 3.39. The van der Waals surface area contributed by atoms with Gasteiger partial charge in [0.25, 0.3) is 0 Å². The third-order valence-corrected chi connectivity index (χ3v) is 9.59. The Kier molecular flexibility index (Phi) is 9.64. The van der Waals surface area contributed by atoms with E-state index in [-0.39, 0.29) is 18.2 Å². The Labute approximate surface area is 279 Å². The number of likely N-dealkylation sites (tertiary alicyclic amines) is 1. The molecule has 2 aliphatic heterocycles. The van der Waals surface area contributed by atoms with Crippen LogP contribution in [-0.2, 0) is 59.6 Å². The van der Waals surface area contributed by atoms with Crippen LogP contribution in [-0.4, -0.2) is 124 Å². The van der Waals surface area contributed by atoms with E-state index in [2.05, 4.69) is 9.64 Å². The van der Waals surface area contributed by atoms with Crippen molar-refractivity contribution in [3.05, 3.63) is 35.1 Å². The molecule has 2 heterocycles. The maximum atomic E-state index is 13.4. The fourth-order valence-corrected chi connectivity index (χ4v) is 7.16. The van der Waals surface area contributed by atoms with E-state index in [4.69, 9.17) is 33.9 Å². The predicted octanol–water partition coefficient (Wildman–Crippen LogP) is -0.398. The second-order valence-electron chi connectivity index (χ2n) is 12.5. The molecule has 1 fully saturated rings. The molecule has 1 saturated heterocycles. The molecule has 17 nitrogen and oxygen atoms in total. The molecule has 2 bridgehead atoms. The molecule has 1 spiro atoms. The van der Waals surface area contributed by atoms with Crippen LogP contribution >= 0.6 is 0 Å². The fraction of sp³-hybridized carbons (Fsp3) is 0.562. The molecule has 4 N–H and O–H groups in total. The first-order valence-electron chi connectivity index (χ1n) is 15.5. The number of hydrogen-bond donors (Lipinski definition) is 4. The van der Waals surface area contributed by atoms with Gasteiger partial charge in [0.2, 0.25) is 6.10 Å². The maximum Gasteiger partial charge on any atom is 0.348 e. The molecule has 2 aliphatic carbocycles. The van der Waals surface area contributed by atoms with Crippen LogP contribution in [0.25, 0.3) is 0 Å². The first-order valence-corrected chi connectivity index (χ1v) is 15.5. The lowest BCUT2D eigenvalue weighted by molar-refractivity contribution is -0.184. The van der Waals surface area contributed by atoms with Gasteiger partial charge in [-0.05, 0) is 58.0 Å². The van der Waals surface area contributed by atoms with Crippen molar-refractivity contribution in [3.8, 4) is 11.5 Å². The number of carboxylic acids is 2. The van der Waals surface area contributed by atoms with E-state index in [0.29, 0.717) is 30.9 Å². The lowest BCUT2D eigenvalue weighted by Gasteiger charge is -2.61. The molecular formula is C32H37NO16. The molecule has 0 radical (unpaired) electrons. The topological polar surface area (TPSA) is 242 Å². The number of hydrogen-bond acceptors (Lipinski definition) is 15. The van der Waals surface area contributed by atoms with Crippen LogP contribution in [0.2, 0.25) is 0 Å². The van der Waals surface area contributed by atoms with Crippen LogP contribution < -0.4 is 9.47 Å². The summed E-state index contributed by atoms with van der Waals surface area (Å²) in [5.41, 5.74) is -0.598. The second kappa shape index (κ2) is 13.3. The van der Waals surface area contributed by atoms with Gasteiger partial charge in [-0.2, -0.15) is 0 Å². The summed E-state index contributed by atoms with van der Waals surface area (Å²) in [5, 5.41) is 39.8. The van der Waals surface area contributed by atoms with Crippen molar-refractivity contribution in [2.75, 3.05) is 20.7 Å². The number of aliphatic carboxylic acids is 2. The Morgan fingerprint density at radius 3 is 2.33 bits per heavy atom. The SMILES string of the molecule is COc1ccc2c3c1O[C@H]1C(OC(=O)C[C@H](OC(=O)C[C@H](O)C(=O)O)C(=O)O[C@@H](C)C(=O)O[C@@H](C)C(=O)O)=CC[C@@]4(O)[C@@H](C2)N(C)CC[C@]314. The van der Waals surface area contributed by atoms with Gasteiger partial charge in [0.15, 0.2) is 35.9 Å². The summed E-state index contributed by atoms with van der Waals surface area (Å²) in [6, 6.07) is 3.41. The zero-order chi connectivity index (χ0) is 36.0. The standard InChI is InChI=1S/C32H37NO16/c1-14(27(37)38)45-29(41)15(2)46-30(42)20(48-22(35)12-17(34)28(39)40)13-23(36)47-19-7-8-32(43)21-11-16-5-6-18(44-4)25-24(16)31(32,26(19)49-25)9-10-33(21)3/h5-7,14-15,17,20-21,26,34,43H,8-13H2,1-4H3,(H,37,38)(H,39,40)/t14-,15-,17-,20-,21+,26-,31-,32+/m0/s1. The molecule has 0 unspecified atom stereocenters. The number of carbonyl (C=O) groups is 6. The molecular weight excluding hydrogens is 654 g/mol. The van der Waals surface area contributed by atoms with Gasteiger partial charge in [0.05, 0.1) is 31.0 Å². The summed E-state index contributed by atoms with van der Waals surface area (Å²) in [7, 11) is 3.41. The van der Waals surface area contributed by atoms with Gasteiger partial charge in [-0.3, -0.25) is 9.59 Å². The molecule has 4 aliphatic rings. The second-order valence-corrected chi connectivity index (χ2v) is 12.5. The van der Waals surface area contributed by atoms with Crippen molar-refractivity contribution in [1.82, 2.24) is 4.90 Å². The summed E-state index contributed by atoms with van der Waals surface area (Å²) < 4.78 is 32.4. The minimum atomic E-state index is -2.19. The number of piperidine rings is 1. The molecule has 49 heavy (non-hydrogen) atoms. The number of carboxylic acid groups (broad SMARTS) is 2. The van der Waals surface area contributed by atoms with Gasteiger partial charge in [-0.15, -0.1) is 0 Å². The van der Waals surface area contributed by atoms with E-state index in [0.717, 1.165) is 25.0 Å².